The van der Waals surface area contributed by atoms with Gasteiger partial charge in [-0.2, -0.15) is 0 Å². The van der Waals surface area contributed by atoms with E-state index >= 15 is 0 Å². The van der Waals surface area contributed by atoms with Crippen LogP contribution >= 0.6 is 11.3 Å². The van der Waals surface area contributed by atoms with Gasteiger partial charge in [-0.15, -0.1) is 0 Å². The summed E-state index contributed by atoms with van der Waals surface area (Å²) in [5, 5.41) is 2.02. The Morgan fingerprint density at radius 1 is 1.24 bits per heavy atom. The van der Waals surface area contributed by atoms with Gasteiger partial charge in [-0.3, -0.25) is 4.79 Å². The van der Waals surface area contributed by atoms with Gasteiger partial charge in [0.05, 0.1) is 25.4 Å². The molecule has 3 aromatic heterocycles. The third-order valence-electron chi connectivity index (χ3n) is 6.44. The van der Waals surface area contributed by atoms with E-state index in [0.717, 1.165) is 63.8 Å². The molecular formula is C24H29N5O3S. The van der Waals surface area contributed by atoms with Gasteiger partial charge in [0.25, 0.3) is 5.91 Å². The van der Waals surface area contributed by atoms with Crippen LogP contribution in [0.1, 0.15) is 30.1 Å². The summed E-state index contributed by atoms with van der Waals surface area (Å²) in [5.74, 6) is 1.44. The lowest BCUT2D eigenvalue weighted by atomic mass is 10.0. The fourth-order valence-electron chi connectivity index (χ4n) is 4.82. The Bertz CT molecular complexity index is 1350. The highest BCUT2D eigenvalue weighted by atomic mass is 32.1. The van der Waals surface area contributed by atoms with Gasteiger partial charge in [0.15, 0.2) is 10.9 Å². The summed E-state index contributed by atoms with van der Waals surface area (Å²) < 4.78 is 15.4. The van der Waals surface area contributed by atoms with E-state index in [-0.39, 0.29) is 11.9 Å². The minimum absolute atomic E-state index is 0.0258. The van der Waals surface area contributed by atoms with E-state index < -0.39 is 0 Å². The van der Waals surface area contributed by atoms with Crippen LogP contribution in [-0.2, 0) is 13.6 Å². The number of carbonyl (C=O) groups excluding carboxylic acids is 1. The molecule has 1 atom stereocenters. The molecule has 9 heteroatoms. The van der Waals surface area contributed by atoms with Gasteiger partial charge < -0.3 is 29.2 Å². The van der Waals surface area contributed by atoms with E-state index in [0.29, 0.717) is 17.9 Å². The predicted octanol–water partition coefficient (Wildman–Crippen LogP) is 3.86. The Morgan fingerprint density at radius 3 is 2.76 bits per heavy atom. The van der Waals surface area contributed by atoms with E-state index in [1.165, 1.54) is 0 Å². The van der Waals surface area contributed by atoms with Crippen molar-refractivity contribution < 1.29 is 14.3 Å². The number of thiophene rings is 1. The molecule has 2 N–H and O–H groups in total. The average molecular weight is 468 g/mol. The van der Waals surface area contributed by atoms with Crippen LogP contribution in [0.3, 0.4) is 0 Å². The van der Waals surface area contributed by atoms with Gasteiger partial charge in [0.1, 0.15) is 16.1 Å². The Labute approximate surface area is 196 Å². The zero-order valence-electron chi connectivity index (χ0n) is 19.4. The molecule has 4 aromatic rings. The Hall–Kier alpha value is -3.04. The number of benzene rings is 1. The Kier molecular flexibility index (Phi) is 5.54. The molecule has 0 aliphatic carbocycles. The molecule has 33 heavy (non-hydrogen) atoms. The monoisotopic (exact) mass is 467 g/mol. The standard InChI is InChI=1S/C24H29N5O3S/c1-5-29-18(10-15-12-20(32-4)33-24(15)29)22-26-17-9-14(11-19(31-3)21(17)27(22)2)23(30)28-8-6-7-16(25)13-28/h9-12,16H,5-8,13,25H2,1-4H3. The highest BCUT2D eigenvalue weighted by Gasteiger charge is 2.25. The first kappa shape index (κ1) is 21.8. The zero-order chi connectivity index (χ0) is 23.3. The zero-order valence-corrected chi connectivity index (χ0v) is 20.2. The van der Waals surface area contributed by atoms with Crippen LogP contribution < -0.4 is 15.2 Å². The van der Waals surface area contributed by atoms with Crippen molar-refractivity contribution >= 4 is 38.5 Å². The van der Waals surface area contributed by atoms with Crippen molar-refractivity contribution in [3.63, 3.8) is 0 Å². The molecule has 0 saturated carbocycles. The van der Waals surface area contributed by atoms with E-state index in [4.69, 9.17) is 20.2 Å². The van der Waals surface area contributed by atoms with Crippen LogP contribution in [0.15, 0.2) is 24.3 Å². The number of hydrogen-bond donors (Lipinski definition) is 1. The minimum Gasteiger partial charge on any atom is -0.494 e. The van der Waals surface area contributed by atoms with Gasteiger partial charge in [0.2, 0.25) is 0 Å². The summed E-state index contributed by atoms with van der Waals surface area (Å²) in [4.78, 5) is 21.2. The minimum atomic E-state index is -0.0258. The van der Waals surface area contributed by atoms with Crippen molar-refractivity contribution in [2.24, 2.45) is 12.8 Å². The molecule has 1 aromatic carbocycles. The average Bonchev–Trinajstić information content (AvgIpc) is 3.48. The first-order chi connectivity index (χ1) is 15.9. The van der Waals surface area contributed by atoms with Crippen molar-refractivity contribution in [3.05, 3.63) is 29.8 Å². The van der Waals surface area contributed by atoms with Crippen molar-refractivity contribution in [3.8, 4) is 22.3 Å². The smallest absolute Gasteiger partial charge is 0.254 e. The maximum Gasteiger partial charge on any atom is 0.254 e. The van der Waals surface area contributed by atoms with Crippen LogP contribution in [0, 0.1) is 0 Å². The van der Waals surface area contributed by atoms with Crippen molar-refractivity contribution in [1.29, 1.82) is 0 Å². The van der Waals surface area contributed by atoms with Gasteiger partial charge in [-0.25, -0.2) is 4.98 Å². The normalized spacial score (nSPS) is 16.6. The van der Waals surface area contributed by atoms with Crippen LogP contribution in [0.4, 0.5) is 0 Å². The van der Waals surface area contributed by atoms with Crippen LogP contribution in [0.5, 0.6) is 10.8 Å². The highest BCUT2D eigenvalue weighted by molar-refractivity contribution is 7.20. The SMILES string of the molecule is CCn1c(-c2nc3cc(C(=O)N4CCCC(N)C4)cc(OC)c3n2C)cc2cc(OC)sc21. The second-order valence-electron chi connectivity index (χ2n) is 8.50. The lowest BCUT2D eigenvalue weighted by molar-refractivity contribution is 0.0708. The fourth-order valence-corrected chi connectivity index (χ4v) is 5.85. The largest absolute Gasteiger partial charge is 0.494 e. The number of imidazole rings is 1. The summed E-state index contributed by atoms with van der Waals surface area (Å²) >= 11 is 1.63. The number of nitrogens with two attached hydrogens (primary N) is 1. The van der Waals surface area contributed by atoms with E-state index in [1.807, 2.05) is 28.6 Å². The molecule has 0 spiro atoms. The molecule has 1 amide bonds. The van der Waals surface area contributed by atoms with E-state index in [9.17, 15) is 4.79 Å². The second kappa shape index (κ2) is 8.39. The fraction of sp³-hybridized carbons (Fsp3) is 0.417. The maximum atomic E-state index is 13.2. The van der Waals surface area contributed by atoms with Gasteiger partial charge in [-0.1, -0.05) is 11.3 Å². The van der Waals surface area contributed by atoms with E-state index in [2.05, 4.69) is 23.6 Å². The molecule has 1 aliphatic rings. The van der Waals surface area contributed by atoms with Crippen LogP contribution in [0.25, 0.3) is 32.8 Å². The van der Waals surface area contributed by atoms with E-state index in [1.54, 1.807) is 25.6 Å². The first-order valence-corrected chi connectivity index (χ1v) is 12.0. The van der Waals surface area contributed by atoms with Crippen LogP contribution in [-0.4, -0.2) is 58.3 Å². The number of likely N-dealkylation sites (tertiary alicyclic amines) is 1. The lowest BCUT2D eigenvalue weighted by Gasteiger charge is -2.30. The van der Waals surface area contributed by atoms with Gasteiger partial charge in [0, 0.05) is 49.7 Å². The molecule has 0 bridgehead atoms. The number of nitrogens with zero attached hydrogens (tertiary/aromatic N) is 4. The quantitative estimate of drug-likeness (QED) is 0.482. The molecule has 5 rings (SSSR count). The molecule has 8 nitrogen and oxygen atoms in total. The second-order valence-corrected chi connectivity index (χ2v) is 9.49. The Balaban J connectivity index is 1.62. The number of carbonyl (C=O) groups is 1. The number of piperidine rings is 1. The third-order valence-corrected chi connectivity index (χ3v) is 7.57. The molecule has 4 heterocycles. The molecule has 1 fully saturated rings. The number of hydrogen-bond acceptors (Lipinski definition) is 6. The third kappa shape index (κ3) is 3.55. The summed E-state index contributed by atoms with van der Waals surface area (Å²) in [6.45, 7) is 4.24. The topological polar surface area (TPSA) is 87.5 Å². The number of ether oxygens (including phenoxy) is 2. The Morgan fingerprint density at radius 2 is 2.06 bits per heavy atom. The molecule has 1 saturated heterocycles. The number of aryl methyl sites for hydroxylation is 2. The van der Waals surface area contributed by atoms with Gasteiger partial charge in [-0.05, 0) is 38.0 Å². The highest BCUT2D eigenvalue weighted by Crippen LogP contribution is 2.39. The molecule has 0 radical (unpaired) electrons. The first-order valence-electron chi connectivity index (χ1n) is 11.2. The lowest BCUT2D eigenvalue weighted by Crippen LogP contribution is -2.45. The summed E-state index contributed by atoms with van der Waals surface area (Å²) in [6, 6.07) is 7.92. The molecule has 1 aliphatic heterocycles. The van der Waals surface area contributed by atoms with Crippen LogP contribution in [0.2, 0.25) is 0 Å². The maximum absolute atomic E-state index is 13.2. The molecular weight excluding hydrogens is 438 g/mol. The van der Waals surface area contributed by atoms with Crippen molar-refractivity contribution in [2.75, 3.05) is 27.3 Å². The van der Waals surface area contributed by atoms with Gasteiger partial charge >= 0.3 is 0 Å². The predicted molar refractivity (Wildman–Crippen MR) is 131 cm³/mol. The number of fused-ring (bicyclic) bond motifs is 2. The number of methoxy groups -OCH3 is 2. The van der Waals surface area contributed by atoms with Crippen molar-refractivity contribution in [1.82, 2.24) is 19.0 Å². The molecule has 1 unspecified atom stereocenters. The number of amides is 1. The number of aromatic nitrogens is 3. The summed E-state index contributed by atoms with van der Waals surface area (Å²) in [5.41, 5.74) is 9.31. The summed E-state index contributed by atoms with van der Waals surface area (Å²) in [6.07, 6.45) is 1.88. The summed E-state index contributed by atoms with van der Waals surface area (Å²) in [7, 11) is 5.31. The number of rotatable bonds is 5. The molecule has 174 valence electrons. The van der Waals surface area contributed by atoms with Crippen molar-refractivity contribution in [2.45, 2.75) is 32.4 Å².